The van der Waals surface area contributed by atoms with E-state index in [9.17, 15) is 4.79 Å². The third-order valence-corrected chi connectivity index (χ3v) is 3.33. The molecular weight excluding hydrogens is 286 g/mol. The van der Waals surface area contributed by atoms with Crippen LogP contribution < -0.4 is 5.32 Å². The highest BCUT2D eigenvalue weighted by molar-refractivity contribution is 6.31. The first-order chi connectivity index (χ1) is 10.1. The summed E-state index contributed by atoms with van der Waals surface area (Å²) in [6, 6.07) is 9.10. The van der Waals surface area contributed by atoms with E-state index < -0.39 is 0 Å². The van der Waals surface area contributed by atoms with Crippen LogP contribution in [-0.4, -0.2) is 29.4 Å². The quantitative estimate of drug-likeness (QED) is 0.920. The number of amides is 1. The lowest BCUT2D eigenvalue weighted by Gasteiger charge is -2.19. The highest BCUT2D eigenvalue weighted by Gasteiger charge is 2.16. The van der Waals surface area contributed by atoms with Crippen molar-refractivity contribution in [3.8, 4) is 0 Å². The zero-order valence-corrected chi connectivity index (χ0v) is 12.9. The molecule has 0 bridgehead atoms. The molecule has 1 amide bonds. The predicted molar refractivity (Wildman–Crippen MR) is 85.7 cm³/mol. The number of carbonyl (C=O) groups is 1. The van der Waals surface area contributed by atoms with Crippen LogP contribution in [0.4, 0.5) is 5.69 Å². The summed E-state index contributed by atoms with van der Waals surface area (Å²) in [4.78, 5) is 18.3. The van der Waals surface area contributed by atoms with Crippen molar-refractivity contribution in [2.24, 2.45) is 0 Å². The van der Waals surface area contributed by atoms with Crippen LogP contribution in [0.1, 0.15) is 22.8 Å². The molecule has 0 spiro atoms. The molecule has 0 radical (unpaired) electrons. The van der Waals surface area contributed by atoms with Crippen molar-refractivity contribution >= 4 is 23.2 Å². The van der Waals surface area contributed by atoms with Crippen molar-refractivity contribution in [3.63, 3.8) is 0 Å². The van der Waals surface area contributed by atoms with E-state index in [0.717, 1.165) is 17.8 Å². The highest BCUT2D eigenvalue weighted by Crippen LogP contribution is 2.22. The van der Waals surface area contributed by atoms with Gasteiger partial charge in [-0.05, 0) is 42.8 Å². The normalized spacial score (nSPS) is 10.2. The summed E-state index contributed by atoms with van der Waals surface area (Å²) >= 11 is 6.02. The van der Waals surface area contributed by atoms with Gasteiger partial charge < -0.3 is 10.2 Å². The van der Waals surface area contributed by atoms with Crippen LogP contribution in [0.2, 0.25) is 5.02 Å². The van der Waals surface area contributed by atoms with Gasteiger partial charge in [-0.3, -0.25) is 9.78 Å². The topological polar surface area (TPSA) is 45.2 Å². The summed E-state index contributed by atoms with van der Waals surface area (Å²) in [5, 5.41) is 3.74. The maximum atomic E-state index is 12.6. The number of benzene rings is 1. The molecule has 1 aromatic heterocycles. The molecule has 0 aliphatic carbocycles. The Labute approximate surface area is 129 Å². The van der Waals surface area contributed by atoms with Gasteiger partial charge >= 0.3 is 0 Å². The molecule has 0 aliphatic heterocycles. The van der Waals surface area contributed by atoms with Crippen molar-refractivity contribution in [3.05, 3.63) is 58.9 Å². The number of nitrogens with one attached hydrogen (secondary N) is 1. The number of aromatic nitrogens is 1. The van der Waals surface area contributed by atoms with E-state index in [1.807, 2.05) is 25.1 Å². The summed E-state index contributed by atoms with van der Waals surface area (Å²) in [6.07, 6.45) is 3.44. The Bertz CT molecular complexity index is 616. The average Bonchev–Trinajstić information content (AvgIpc) is 2.49. The van der Waals surface area contributed by atoms with Gasteiger partial charge in [-0.1, -0.05) is 11.6 Å². The van der Waals surface area contributed by atoms with E-state index in [0.29, 0.717) is 17.1 Å². The summed E-state index contributed by atoms with van der Waals surface area (Å²) in [6.45, 7) is 3.26. The van der Waals surface area contributed by atoms with Gasteiger partial charge in [0.15, 0.2) is 0 Å². The Morgan fingerprint density at radius 2 is 2.00 bits per heavy atom. The Morgan fingerprint density at radius 1 is 1.29 bits per heavy atom. The zero-order valence-electron chi connectivity index (χ0n) is 12.1. The second kappa shape index (κ2) is 7.09. The van der Waals surface area contributed by atoms with Gasteiger partial charge in [0.25, 0.3) is 5.91 Å². The van der Waals surface area contributed by atoms with Gasteiger partial charge in [0.05, 0.1) is 5.56 Å². The van der Waals surface area contributed by atoms with Crippen LogP contribution >= 0.6 is 11.6 Å². The summed E-state index contributed by atoms with van der Waals surface area (Å²) in [5.74, 6) is -0.0646. The van der Waals surface area contributed by atoms with Gasteiger partial charge in [0.2, 0.25) is 0 Å². The number of nitrogens with zero attached hydrogens (tertiary/aromatic N) is 2. The number of rotatable bonds is 5. The van der Waals surface area contributed by atoms with Crippen LogP contribution in [0.3, 0.4) is 0 Å². The number of carbonyl (C=O) groups excluding carboxylic acids is 1. The summed E-state index contributed by atoms with van der Waals surface area (Å²) < 4.78 is 0. The molecule has 0 fully saturated rings. The SMILES string of the molecule is CCNc1ccc(Cl)cc1C(=O)N(C)Cc1ccncc1. The second-order valence-corrected chi connectivity index (χ2v) is 5.17. The lowest BCUT2D eigenvalue weighted by Crippen LogP contribution is -2.27. The number of hydrogen-bond acceptors (Lipinski definition) is 3. The van der Waals surface area contributed by atoms with E-state index >= 15 is 0 Å². The molecule has 0 saturated heterocycles. The molecule has 110 valence electrons. The third-order valence-electron chi connectivity index (χ3n) is 3.10. The van der Waals surface area contributed by atoms with Crippen LogP contribution in [0, 0.1) is 0 Å². The van der Waals surface area contributed by atoms with Gasteiger partial charge in [0, 0.05) is 43.2 Å². The number of pyridine rings is 1. The van der Waals surface area contributed by atoms with E-state index in [1.165, 1.54) is 0 Å². The van der Waals surface area contributed by atoms with Crippen molar-refractivity contribution < 1.29 is 4.79 Å². The van der Waals surface area contributed by atoms with E-state index in [-0.39, 0.29) is 5.91 Å². The molecule has 2 aromatic rings. The first kappa shape index (κ1) is 15.3. The monoisotopic (exact) mass is 303 g/mol. The number of anilines is 1. The molecule has 0 atom stereocenters. The summed E-state index contributed by atoms with van der Waals surface area (Å²) in [7, 11) is 1.78. The first-order valence-electron chi connectivity index (χ1n) is 6.79. The minimum Gasteiger partial charge on any atom is -0.385 e. The second-order valence-electron chi connectivity index (χ2n) is 4.74. The molecule has 1 aromatic carbocycles. The third kappa shape index (κ3) is 3.95. The lowest BCUT2D eigenvalue weighted by atomic mass is 10.1. The Balaban J connectivity index is 2.20. The molecule has 4 nitrogen and oxygen atoms in total. The van der Waals surface area contributed by atoms with Crippen LogP contribution in [0.15, 0.2) is 42.7 Å². The highest BCUT2D eigenvalue weighted by atomic mass is 35.5. The van der Waals surface area contributed by atoms with Crippen molar-refractivity contribution in [2.45, 2.75) is 13.5 Å². The maximum absolute atomic E-state index is 12.6. The fourth-order valence-electron chi connectivity index (χ4n) is 2.08. The molecular formula is C16H18ClN3O. The van der Waals surface area contributed by atoms with Crippen molar-refractivity contribution in [1.29, 1.82) is 0 Å². The largest absolute Gasteiger partial charge is 0.385 e. The van der Waals surface area contributed by atoms with E-state index in [2.05, 4.69) is 10.3 Å². The number of halogens is 1. The van der Waals surface area contributed by atoms with Crippen LogP contribution in [0.5, 0.6) is 0 Å². The molecule has 5 heteroatoms. The van der Waals surface area contributed by atoms with Crippen molar-refractivity contribution in [2.75, 3.05) is 18.9 Å². The molecule has 0 aliphatic rings. The summed E-state index contributed by atoms with van der Waals surface area (Å²) in [5.41, 5.74) is 2.42. The standard InChI is InChI=1S/C16H18ClN3O/c1-3-19-15-5-4-13(17)10-14(15)16(21)20(2)11-12-6-8-18-9-7-12/h4-10,19H,3,11H2,1-2H3. The Hall–Kier alpha value is -2.07. The zero-order chi connectivity index (χ0) is 15.2. The van der Waals surface area contributed by atoms with Gasteiger partial charge in [-0.2, -0.15) is 0 Å². The fraction of sp³-hybridized carbons (Fsp3) is 0.250. The van der Waals surface area contributed by atoms with Crippen LogP contribution in [0.25, 0.3) is 0 Å². The molecule has 21 heavy (non-hydrogen) atoms. The van der Waals surface area contributed by atoms with Gasteiger partial charge in [0.1, 0.15) is 0 Å². The fourth-order valence-corrected chi connectivity index (χ4v) is 2.25. The lowest BCUT2D eigenvalue weighted by molar-refractivity contribution is 0.0786. The molecule has 0 saturated carbocycles. The average molecular weight is 304 g/mol. The molecule has 1 N–H and O–H groups in total. The van der Waals surface area contributed by atoms with Gasteiger partial charge in [-0.25, -0.2) is 0 Å². The molecule has 0 unspecified atom stereocenters. The van der Waals surface area contributed by atoms with Crippen LogP contribution in [-0.2, 0) is 6.54 Å². The molecule has 2 rings (SSSR count). The number of hydrogen-bond donors (Lipinski definition) is 1. The van der Waals surface area contributed by atoms with Crippen molar-refractivity contribution in [1.82, 2.24) is 9.88 Å². The first-order valence-corrected chi connectivity index (χ1v) is 7.17. The van der Waals surface area contributed by atoms with E-state index in [4.69, 9.17) is 11.6 Å². The minimum atomic E-state index is -0.0646. The maximum Gasteiger partial charge on any atom is 0.256 e. The Kier molecular flexibility index (Phi) is 5.17. The minimum absolute atomic E-state index is 0.0646. The van der Waals surface area contributed by atoms with Gasteiger partial charge in [-0.15, -0.1) is 0 Å². The molecule has 1 heterocycles. The Morgan fingerprint density at radius 3 is 2.67 bits per heavy atom. The predicted octanol–water partition coefficient (Wildman–Crippen LogP) is 3.44. The van der Waals surface area contributed by atoms with E-state index in [1.54, 1.807) is 36.5 Å². The smallest absolute Gasteiger partial charge is 0.256 e.